The standard InChI is InChI=1S/C32H35N3O5/c1-19-6-4-7-23(14-19)31-20(2)35(32(38)40-31)18-27-24(10-11-29(33-27)34-12-5-13-34)26-17-25-21(15-28(26)39-3)8-9-22(25)16-30(36)37/h4,6-7,10-11,14-15,17,20,22,31H,5,8-9,12-13,16,18H2,1-3H3,(H,36,37). The summed E-state index contributed by atoms with van der Waals surface area (Å²) in [6, 6.07) is 16.1. The Morgan fingerprint density at radius 3 is 2.67 bits per heavy atom. The average Bonchev–Trinajstić information content (AvgIpc) is 3.41. The molecule has 0 radical (unpaired) electrons. The molecule has 3 aliphatic rings. The molecule has 1 aromatic heterocycles. The van der Waals surface area contributed by atoms with E-state index in [0.717, 1.165) is 83.0 Å². The van der Waals surface area contributed by atoms with Crippen molar-refractivity contribution in [1.29, 1.82) is 0 Å². The van der Waals surface area contributed by atoms with Gasteiger partial charge in [-0.05, 0) is 80.0 Å². The summed E-state index contributed by atoms with van der Waals surface area (Å²) in [5, 5.41) is 9.48. The maximum absolute atomic E-state index is 13.2. The Bertz CT molecular complexity index is 1470. The molecule has 3 aromatic rings. The van der Waals surface area contributed by atoms with Crippen LogP contribution in [0.4, 0.5) is 10.6 Å². The minimum atomic E-state index is -0.791. The van der Waals surface area contributed by atoms with E-state index in [2.05, 4.69) is 23.1 Å². The Hall–Kier alpha value is -4.07. The number of aliphatic carboxylic acids is 1. The number of aromatic nitrogens is 1. The van der Waals surface area contributed by atoms with Gasteiger partial charge in [0.1, 0.15) is 17.7 Å². The molecule has 8 nitrogen and oxygen atoms in total. The molecular weight excluding hydrogens is 506 g/mol. The first-order chi connectivity index (χ1) is 19.3. The van der Waals surface area contributed by atoms with Gasteiger partial charge in [0, 0.05) is 24.2 Å². The fourth-order valence-electron chi connectivity index (χ4n) is 6.27. The highest BCUT2D eigenvalue weighted by Crippen LogP contribution is 2.44. The molecular formula is C32H35N3O5. The number of methoxy groups -OCH3 is 1. The lowest BCUT2D eigenvalue weighted by Gasteiger charge is -2.33. The van der Waals surface area contributed by atoms with Gasteiger partial charge in [0.2, 0.25) is 0 Å². The number of aryl methyl sites for hydroxylation is 2. The molecule has 3 heterocycles. The summed E-state index contributed by atoms with van der Waals surface area (Å²) in [6.07, 6.45) is 2.17. The lowest BCUT2D eigenvalue weighted by molar-refractivity contribution is -0.137. The van der Waals surface area contributed by atoms with Crippen LogP contribution in [0.15, 0.2) is 48.5 Å². The third-order valence-corrected chi connectivity index (χ3v) is 8.60. The van der Waals surface area contributed by atoms with Crippen molar-refractivity contribution in [3.63, 3.8) is 0 Å². The zero-order valence-corrected chi connectivity index (χ0v) is 23.2. The van der Waals surface area contributed by atoms with Gasteiger partial charge < -0.3 is 19.5 Å². The van der Waals surface area contributed by atoms with Gasteiger partial charge in [-0.25, -0.2) is 9.78 Å². The number of rotatable bonds is 8. The van der Waals surface area contributed by atoms with E-state index >= 15 is 0 Å². The molecule has 40 heavy (non-hydrogen) atoms. The fraction of sp³-hybridized carbons (Fsp3) is 0.406. The summed E-state index contributed by atoms with van der Waals surface area (Å²) in [7, 11) is 1.66. The van der Waals surface area contributed by atoms with Crippen LogP contribution in [0.5, 0.6) is 5.75 Å². The van der Waals surface area contributed by atoms with Gasteiger partial charge >= 0.3 is 12.1 Å². The molecule has 208 valence electrons. The van der Waals surface area contributed by atoms with E-state index in [1.807, 2.05) is 44.2 Å². The Morgan fingerprint density at radius 2 is 1.98 bits per heavy atom. The van der Waals surface area contributed by atoms with Crippen LogP contribution in [-0.4, -0.2) is 53.3 Å². The number of benzene rings is 2. The summed E-state index contributed by atoms with van der Waals surface area (Å²) < 4.78 is 11.7. The Labute approximate surface area is 234 Å². The molecule has 3 atom stereocenters. The second-order valence-electron chi connectivity index (χ2n) is 11.2. The minimum Gasteiger partial charge on any atom is -0.496 e. The molecule has 1 aliphatic carbocycles. The number of pyridine rings is 1. The number of hydrogen-bond donors (Lipinski definition) is 1. The van der Waals surface area contributed by atoms with Crippen LogP contribution < -0.4 is 9.64 Å². The molecule has 0 spiro atoms. The van der Waals surface area contributed by atoms with Gasteiger partial charge in [-0.2, -0.15) is 0 Å². The van der Waals surface area contributed by atoms with E-state index in [0.29, 0.717) is 0 Å². The summed E-state index contributed by atoms with van der Waals surface area (Å²) >= 11 is 0. The molecule has 2 saturated heterocycles. The molecule has 1 amide bonds. The van der Waals surface area contributed by atoms with E-state index < -0.39 is 5.97 Å². The maximum Gasteiger partial charge on any atom is 0.411 e. The van der Waals surface area contributed by atoms with Gasteiger partial charge in [0.25, 0.3) is 0 Å². The van der Waals surface area contributed by atoms with Gasteiger partial charge in [-0.3, -0.25) is 9.69 Å². The summed E-state index contributed by atoms with van der Waals surface area (Å²) in [5.41, 5.74) is 6.81. The second-order valence-corrected chi connectivity index (χ2v) is 11.2. The first-order valence-corrected chi connectivity index (χ1v) is 14.0. The normalized spacial score (nSPS) is 21.7. The van der Waals surface area contributed by atoms with Crippen molar-refractivity contribution < 1.29 is 24.2 Å². The molecule has 3 unspecified atom stereocenters. The number of fused-ring (bicyclic) bond motifs is 1. The van der Waals surface area contributed by atoms with Crippen LogP contribution in [0.25, 0.3) is 11.1 Å². The summed E-state index contributed by atoms with van der Waals surface area (Å²) in [5.74, 6) is 0.798. The SMILES string of the molecule is COc1cc2c(cc1-c1ccc(N3CCC3)nc1CN1C(=O)OC(c3cccc(C)c3)C1C)C(CC(=O)O)CC2. The summed E-state index contributed by atoms with van der Waals surface area (Å²) in [6.45, 7) is 6.26. The fourth-order valence-corrected chi connectivity index (χ4v) is 6.27. The molecule has 1 N–H and O–H groups in total. The number of carboxylic acids is 1. The molecule has 2 aromatic carbocycles. The highest BCUT2D eigenvalue weighted by molar-refractivity contribution is 5.77. The number of amides is 1. The molecule has 0 saturated carbocycles. The van der Waals surface area contributed by atoms with Crippen molar-refractivity contribution in [2.45, 2.75) is 64.1 Å². The molecule has 0 bridgehead atoms. The number of carboxylic acid groups (broad SMARTS) is 1. The first kappa shape index (κ1) is 26.2. The van der Waals surface area contributed by atoms with Crippen LogP contribution in [0, 0.1) is 6.92 Å². The predicted octanol–water partition coefficient (Wildman–Crippen LogP) is 5.86. The average molecular weight is 542 g/mol. The minimum absolute atomic E-state index is 0.0300. The highest BCUT2D eigenvalue weighted by Gasteiger charge is 2.40. The van der Waals surface area contributed by atoms with Gasteiger partial charge in [0.05, 0.1) is 31.8 Å². The van der Waals surface area contributed by atoms with Crippen molar-refractivity contribution in [2.75, 3.05) is 25.1 Å². The Kier molecular flexibility index (Phi) is 6.86. The van der Waals surface area contributed by atoms with Crippen molar-refractivity contribution in [3.8, 4) is 16.9 Å². The first-order valence-electron chi connectivity index (χ1n) is 14.0. The third-order valence-electron chi connectivity index (χ3n) is 8.60. The van der Waals surface area contributed by atoms with Crippen molar-refractivity contribution >= 4 is 17.9 Å². The largest absolute Gasteiger partial charge is 0.496 e. The van der Waals surface area contributed by atoms with E-state index in [1.54, 1.807) is 12.0 Å². The number of nitrogens with zero attached hydrogens (tertiary/aromatic N) is 3. The highest BCUT2D eigenvalue weighted by atomic mass is 16.6. The Morgan fingerprint density at radius 1 is 1.15 bits per heavy atom. The molecule has 2 aliphatic heterocycles. The zero-order chi connectivity index (χ0) is 28.0. The lowest BCUT2D eigenvalue weighted by Crippen LogP contribution is -2.38. The predicted molar refractivity (Wildman–Crippen MR) is 152 cm³/mol. The van der Waals surface area contributed by atoms with Gasteiger partial charge in [-0.1, -0.05) is 29.8 Å². The number of carbonyl (C=O) groups excluding carboxylic acids is 1. The van der Waals surface area contributed by atoms with E-state index in [-0.39, 0.29) is 37.1 Å². The van der Waals surface area contributed by atoms with Crippen molar-refractivity contribution in [3.05, 3.63) is 76.5 Å². The number of anilines is 1. The lowest BCUT2D eigenvalue weighted by atomic mass is 9.92. The summed E-state index contributed by atoms with van der Waals surface area (Å²) in [4.78, 5) is 33.8. The van der Waals surface area contributed by atoms with Crippen LogP contribution in [-0.2, 0) is 22.5 Å². The van der Waals surface area contributed by atoms with Crippen LogP contribution in [0.1, 0.15) is 66.2 Å². The van der Waals surface area contributed by atoms with Crippen molar-refractivity contribution in [1.82, 2.24) is 9.88 Å². The zero-order valence-electron chi connectivity index (χ0n) is 23.2. The monoisotopic (exact) mass is 541 g/mol. The number of cyclic esters (lactones) is 1. The second kappa shape index (κ2) is 10.5. The topological polar surface area (TPSA) is 92.2 Å². The van der Waals surface area contributed by atoms with Gasteiger partial charge in [-0.15, -0.1) is 0 Å². The quantitative estimate of drug-likeness (QED) is 0.382. The van der Waals surface area contributed by atoms with E-state index in [4.69, 9.17) is 14.5 Å². The molecule has 2 fully saturated rings. The molecule has 8 heteroatoms. The van der Waals surface area contributed by atoms with E-state index in [9.17, 15) is 14.7 Å². The maximum atomic E-state index is 13.2. The number of carbonyl (C=O) groups is 2. The van der Waals surface area contributed by atoms with Crippen molar-refractivity contribution in [2.24, 2.45) is 0 Å². The van der Waals surface area contributed by atoms with Crippen LogP contribution >= 0.6 is 0 Å². The Balaban J connectivity index is 1.39. The van der Waals surface area contributed by atoms with Gasteiger partial charge in [0.15, 0.2) is 0 Å². The smallest absolute Gasteiger partial charge is 0.411 e. The van der Waals surface area contributed by atoms with Crippen LogP contribution in [0.3, 0.4) is 0 Å². The number of ether oxygens (including phenoxy) is 2. The molecule has 6 rings (SSSR count). The number of hydrogen-bond acceptors (Lipinski definition) is 6. The third kappa shape index (κ3) is 4.76. The van der Waals surface area contributed by atoms with E-state index in [1.165, 1.54) is 0 Å². The van der Waals surface area contributed by atoms with Crippen LogP contribution in [0.2, 0.25) is 0 Å².